The van der Waals surface area contributed by atoms with Gasteiger partial charge in [-0.15, -0.1) is 0 Å². The van der Waals surface area contributed by atoms with E-state index in [2.05, 4.69) is 4.98 Å². The summed E-state index contributed by atoms with van der Waals surface area (Å²) in [6.07, 6.45) is 0. The second kappa shape index (κ2) is 4.51. The number of aromatic nitrogens is 1. The highest BCUT2D eigenvalue weighted by Gasteiger charge is 2.04. The van der Waals surface area contributed by atoms with Crippen LogP contribution in [0.4, 0.5) is 0 Å². The van der Waals surface area contributed by atoms with Crippen molar-refractivity contribution in [2.45, 2.75) is 6.54 Å². The zero-order valence-corrected chi connectivity index (χ0v) is 9.06. The summed E-state index contributed by atoms with van der Waals surface area (Å²) in [5.74, 6) is -0.434. The van der Waals surface area contributed by atoms with Gasteiger partial charge >= 0.3 is 5.76 Å². The SMILES string of the molecule is CN(CCO)Cc1ccc2[nH]c(=O)oc2c1. The zero-order valence-electron chi connectivity index (χ0n) is 9.06. The lowest BCUT2D eigenvalue weighted by Gasteiger charge is -2.14. The van der Waals surface area contributed by atoms with Crippen molar-refractivity contribution in [2.24, 2.45) is 0 Å². The number of H-pyrrole nitrogens is 1. The largest absolute Gasteiger partial charge is 0.417 e. The molecule has 1 aromatic carbocycles. The minimum Gasteiger partial charge on any atom is -0.408 e. The maximum atomic E-state index is 11.0. The van der Waals surface area contributed by atoms with Crippen LogP contribution in [0.5, 0.6) is 0 Å². The number of aromatic amines is 1. The third-order valence-corrected chi connectivity index (χ3v) is 2.42. The topological polar surface area (TPSA) is 69.5 Å². The first kappa shape index (κ1) is 10.9. The van der Waals surface area contributed by atoms with Crippen molar-refractivity contribution in [1.82, 2.24) is 9.88 Å². The first-order valence-electron chi connectivity index (χ1n) is 5.10. The van der Waals surface area contributed by atoms with Crippen molar-refractivity contribution in [3.63, 3.8) is 0 Å². The number of aliphatic hydroxyl groups is 1. The summed E-state index contributed by atoms with van der Waals surface area (Å²) in [4.78, 5) is 15.5. The number of nitrogens with zero attached hydrogens (tertiary/aromatic N) is 1. The number of hydrogen-bond donors (Lipinski definition) is 2. The number of aliphatic hydroxyl groups excluding tert-OH is 1. The molecule has 0 aliphatic heterocycles. The normalized spacial score (nSPS) is 11.4. The van der Waals surface area contributed by atoms with Gasteiger partial charge in [0, 0.05) is 13.1 Å². The van der Waals surface area contributed by atoms with Gasteiger partial charge in [0.1, 0.15) is 0 Å². The van der Waals surface area contributed by atoms with Crippen LogP contribution in [-0.4, -0.2) is 35.2 Å². The predicted molar refractivity (Wildman–Crippen MR) is 60.3 cm³/mol. The van der Waals surface area contributed by atoms with E-state index in [4.69, 9.17) is 9.52 Å². The summed E-state index contributed by atoms with van der Waals surface area (Å²) in [6.45, 7) is 1.47. The number of fused-ring (bicyclic) bond motifs is 1. The molecule has 0 radical (unpaired) electrons. The van der Waals surface area contributed by atoms with Crippen molar-refractivity contribution >= 4 is 11.1 Å². The minimum absolute atomic E-state index is 0.137. The Labute approximate surface area is 92.3 Å². The van der Waals surface area contributed by atoms with Gasteiger partial charge in [0.25, 0.3) is 0 Å². The van der Waals surface area contributed by atoms with E-state index in [9.17, 15) is 4.79 Å². The predicted octanol–water partition coefficient (Wildman–Crippen LogP) is 0.545. The number of benzene rings is 1. The van der Waals surface area contributed by atoms with E-state index in [0.717, 1.165) is 5.56 Å². The highest BCUT2D eigenvalue weighted by molar-refractivity contribution is 5.72. The maximum Gasteiger partial charge on any atom is 0.417 e. The van der Waals surface area contributed by atoms with Crippen LogP contribution in [0.2, 0.25) is 0 Å². The molecular weight excluding hydrogens is 208 g/mol. The third kappa shape index (κ3) is 2.32. The first-order chi connectivity index (χ1) is 7.69. The number of likely N-dealkylation sites (N-methyl/N-ethyl adjacent to an activating group) is 1. The van der Waals surface area contributed by atoms with Gasteiger partial charge < -0.3 is 9.52 Å². The van der Waals surface area contributed by atoms with Gasteiger partial charge in [-0.2, -0.15) is 0 Å². The molecule has 5 nitrogen and oxygen atoms in total. The Morgan fingerprint density at radius 3 is 3.06 bits per heavy atom. The highest BCUT2D eigenvalue weighted by Crippen LogP contribution is 2.13. The van der Waals surface area contributed by atoms with E-state index in [-0.39, 0.29) is 6.61 Å². The van der Waals surface area contributed by atoms with Crippen LogP contribution in [0.25, 0.3) is 11.1 Å². The second-order valence-corrected chi connectivity index (χ2v) is 3.81. The molecular formula is C11H14N2O3. The van der Waals surface area contributed by atoms with Gasteiger partial charge in [-0.05, 0) is 24.7 Å². The molecule has 0 atom stereocenters. The molecule has 0 saturated heterocycles. The fraction of sp³-hybridized carbons (Fsp3) is 0.364. The van der Waals surface area contributed by atoms with Crippen molar-refractivity contribution in [1.29, 1.82) is 0 Å². The molecule has 2 aromatic rings. The van der Waals surface area contributed by atoms with E-state index >= 15 is 0 Å². The van der Waals surface area contributed by atoms with Gasteiger partial charge in [0.2, 0.25) is 0 Å². The van der Waals surface area contributed by atoms with Gasteiger partial charge in [-0.25, -0.2) is 4.79 Å². The van der Waals surface area contributed by atoms with Crippen LogP contribution < -0.4 is 5.76 Å². The fourth-order valence-corrected chi connectivity index (χ4v) is 1.65. The molecule has 16 heavy (non-hydrogen) atoms. The van der Waals surface area contributed by atoms with Crippen molar-refractivity contribution in [3.05, 3.63) is 34.3 Å². The Morgan fingerprint density at radius 1 is 1.50 bits per heavy atom. The molecule has 0 saturated carbocycles. The molecule has 0 fully saturated rings. The monoisotopic (exact) mass is 222 g/mol. The smallest absolute Gasteiger partial charge is 0.408 e. The van der Waals surface area contributed by atoms with Gasteiger partial charge in [0.15, 0.2) is 5.58 Å². The number of hydrogen-bond acceptors (Lipinski definition) is 4. The maximum absolute atomic E-state index is 11.0. The Bertz CT molecular complexity index is 529. The van der Waals surface area contributed by atoms with E-state index < -0.39 is 5.76 Å². The standard InChI is InChI=1S/C11H14N2O3/c1-13(4-5-14)7-8-2-3-9-10(6-8)16-11(15)12-9/h2-3,6,14H,4-5,7H2,1H3,(H,12,15). The molecule has 0 aliphatic carbocycles. The quantitative estimate of drug-likeness (QED) is 0.792. The summed E-state index contributed by atoms with van der Waals surface area (Å²) in [7, 11) is 1.92. The van der Waals surface area contributed by atoms with Crippen LogP contribution in [0.15, 0.2) is 27.4 Å². The average Bonchev–Trinajstić information content (AvgIpc) is 2.57. The van der Waals surface area contributed by atoms with E-state index in [0.29, 0.717) is 24.2 Å². The van der Waals surface area contributed by atoms with E-state index in [1.165, 1.54) is 0 Å². The summed E-state index contributed by atoms with van der Waals surface area (Å²) in [6, 6.07) is 5.59. The number of nitrogens with one attached hydrogen (secondary N) is 1. The van der Waals surface area contributed by atoms with Crippen LogP contribution in [-0.2, 0) is 6.54 Å². The van der Waals surface area contributed by atoms with Crippen molar-refractivity contribution < 1.29 is 9.52 Å². The lowest BCUT2D eigenvalue weighted by Crippen LogP contribution is -2.21. The molecule has 0 aliphatic rings. The summed E-state index contributed by atoms with van der Waals surface area (Å²) >= 11 is 0. The molecule has 0 unspecified atom stereocenters. The average molecular weight is 222 g/mol. The minimum atomic E-state index is -0.434. The summed E-state index contributed by atoms with van der Waals surface area (Å²) in [5.41, 5.74) is 2.32. The van der Waals surface area contributed by atoms with Crippen LogP contribution in [0.1, 0.15) is 5.56 Å². The Kier molecular flexibility index (Phi) is 3.07. The molecule has 0 amide bonds. The van der Waals surface area contributed by atoms with Crippen LogP contribution in [0.3, 0.4) is 0 Å². The van der Waals surface area contributed by atoms with Crippen LogP contribution in [0, 0.1) is 0 Å². The molecule has 86 valence electrons. The van der Waals surface area contributed by atoms with E-state index in [1.807, 2.05) is 30.1 Å². The molecule has 2 rings (SSSR count). The highest BCUT2D eigenvalue weighted by atomic mass is 16.4. The van der Waals surface area contributed by atoms with Crippen molar-refractivity contribution in [2.75, 3.05) is 20.2 Å². The molecule has 2 N–H and O–H groups in total. The first-order valence-corrected chi connectivity index (χ1v) is 5.10. The lowest BCUT2D eigenvalue weighted by atomic mass is 10.2. The van der Waals surface area contributed by atoms with E-state index in [1.54, 1.807) is 0 Å². The molecule has 0 spiro atoms. The van der Waals surface area contributed by atoms with Gasteiger partial charge in [0.05, 0.1) is 12.1 Å². The zero-order chi connectivity index (χ0) is 11.5. The van der Waals surface area contributed by atoms with Gasteiger partial charge in [-0.3, -0.25) is 9.88 Å². The molecule has 0 bridgehead atoms. The molecule has 1 heterocycles. The van der Waals surface area contributed by atoms with Gasteiger partial charge in [-0.1, -0.05) is 6.07 Å². The summed E-state index contributed by atoms with van der Waals surface area (Å²) < 4.78 is 4.97. The number of oxazole rings is 1. The number of rotatable bonds is 4. The fourth-order valence-electron chi connectivity index (χ4n) is 1.65. The van der Waals surface area contributed by atoms with Crippen molar-refractivity contribution in [3.8, 4) is 0 Å². The Balaban J connectivity index is 2.22. The lowest BCUT2D eigenvalue weighted by molar-refractivity contribution is 0.217. The third-order valence-electron chi connectivity index (χ3n) is 2.42. The summed E-state index contributed by atoms with van der Waals surface area (Å²) in [5, 5.41) is 8.78. The van der Waals surface area contributed by atoms with Crippen LogP contribution >= 0.6 is 0 Å². The molecule has 1 aromatic heterocycles. The second-order valence-electron chi connectivity index (χ2n) is 3.81. The Morgan fingerprint density at radius 2 is 2.31 bits per heavy atom. The Hall–Kier alpha value is -1.59. The molecule has 5 heteroatoms.